The molecule has 0 N–H and O–H groups in total. The number of anilines is 1. The molecule has 1 aromatic rings. The summed E-state index contributed by atoms with van der Waals surface area (Å²) in [5, 5.41) is 0. The zero-order valence-electron chi connectivity index (χ0n) is 15.2. The van der Waals surface area contributed by atoms with E-state index in [1.54, 1.807) is 4.90 Å². The molecule has 1 saturated heterocycles. The lowest BCUT2D eigenvalue weighted by Crippen LogP contribution is -2.43. The van der Waals surface area contributed by atoms with Gasteiger partial charge in [-0.25, -0.2) is 4.98 Å². The molecule has 4 nitrogen and oxygen atoms in total. The second kappa shape index (κ2) is 7.22. The minimum absolute atomic E-state index is 0.106. The average Bonchev–Trinajstić information content (AvgIpc) is 2.53. The number of alkyl halides is 3. The van der Waals surface area contributed by atoms with E-state index in [0.717, 1.165) is 25.0 Å². The Bertz CT molecular complexity index is 602. The molecule has 0 spiro atoms. The van der Waals surface area contributed by atoms with Crippen molar-refractivity contribution in [3.63, 3.8) is 0 Å². The molecule has 0 radical (unpaired) electrons. The van der Waals surface area contributed by atoms with E-state index in [1.165, 1.54) is 6.20 Å². The SMILES string of the molecule is CN(CC1CCN(c2cc(C(F)(F)F)ccn2)CC1)C(=O)C(C)(C)C. The Labute approximate surface area is 147 Å². The summed E-state index contributed by atoms with van der Waals surface area (Å²) in [6.07, 6.45) is -1.48. The van der Waals surface area contributed by atoms with Crippen LogP contribution in [-0.4, -0.2) is 42.5 Å². The summed E-state index contributed by atoms with van der Waals surface area (Å²) in [5.74, 6) is 0.834. The number of amides is 1. The molecule has 0 aromatic carbocycles. The van der Waals surface area contributed by atoms with Crippen LogP contribution in [0.2, 0.25) is 0 Å². The van der Waals surface area contributed by atoms with E-state index in [0.29, 0.717) is 31.4 Å². The molecule has 1 aliphatic rings. The lowest BCUT2D eigenvalue weighted by molar-refractivity contribution is -0.139. The van der Waals surface area contributed by atoms with Crippen LogP contribution in [0.3, 0.4) is 0 Å². The van der Waals surface area contributed by atoms with Gasteiger partial charge in [-0.3, -0.25) is 4.79 Å². The van der Waals surface area contributed by atoms with Crippen LogP contribution in [0.4, 0.5) is 19.0 Å². The third kappa shape index (κ3) is 5.09. The second-order valence-electron chi connectivity index (χ2n) is 7.77. The molecule has 1 aliphatic heterocycles. The molecule has 0 atom stereocenters. The van der Waals surface area contributed by atoms with Crippen LogP contribution in [0.5, 0.6) is 0 Å². The number of hydrogen-bond acceptors (Lipinski definition) is 3. The molecule has 0 saturated carbocycles. The topological polar surface area (TPSA) is 36.4 Å². The van der Waals surface area contributed by atoms with Crippen LogP contribution >= 0.6 is 0 Å². The van der Waals surface area contributed by atoms with E-state index in [9.17, 15) is 18.0 Å². The summed E-state index contributed by atoms with van der Waals surface area (Å²) in [5.41, 5.74) is -1.08. The quantitative estimate of drug-likeness (QED) is 0.825. The van der Waals surface area contributed by atoms with Gasteiger partial charge in [-0.1, -0.05) is 20.8 Å². The van der Waals surface area contributed by atoms with E-state index < -0.39 is 17.2 Å². The maximum absolute atomic E-state index is 12.8. The molecule has 2 heterocycles. The Hall–Kier alpha value is -1.79. The molecule has 7 heteroatoms. The standard InChI is InChI=1S/C18H26F3N3O/c1-17(2,3)16(25)23(4)12-13-6-9-24(10-7-13)15-11-14(5-8-22-15)18(19,20)21/h5,8,11,13H,6-7,9-10,12H2,1-4H3. The first-order valence-electron chi connectivity index (χ1n) is 8.52. The summed E-state index contributed by atoms with van der Waals surface area (Å²) < 4.78 is 38.5. The first-order chi connectivity index (χ1) is 11.5. The van der Waals surface area contributed by atoms with Crippen molar-refractivity contribution in [2.45, 2.75) is 39.8 Å². The van der Waals surface area contributed by atoms with Crippen LogP contribution < -0.4 is 4.90 Å². The highest BCUT2D eigenvalue weighted by Gasteiger charge is 2.32. The van der Waals surface area contributed by atoms with Gasteiger partial charge in [-0.2, -0.15) is 13.2 Å². The molecular weight excluding hydrogens is 331 g/mol. The van der Waals surface area contributed by atoms with Crippen molar-refractivity contribution in [2.24, 2.45) is 11.3 Å². The van der Waals surface area contributed by atoms with Gasteiger partial charge in [-0.15, -0.1) is 0 Å². The number of hydrogen-bond donors (Lipinski definition) is 0. The Morgan fingerprint density at radius 3 is 2.40 bits per heavy atom. The van der Waals surface area contributed by atoms with Gasteiger partial charge in [0.15, 0.2) is 0 Å². The molecule has 0 unspecified atom stereocenters. The van der Waals surface area contributed by atoms with Gasteiger partial charge in [0, 0.05) is 38.3 Å². The molecule has 1 fully saturated rings. The van der Waals surface area contributed by atoms with Crippen LogP contribution in [-0.2, 0) is 11.0 Å². The van der Waals surface area contributed by atoms with Gasteiger partial charge in [-0.05, 0) is 30.9 Å². The number of carbonyl (C=O) groups is 1. The molecule has 0 bridgehead atoms. The molecule has 1 aromatic heterocycles. The number of rotatable bonds is 3. The van der Waals surface area contributed by atoms with E-state index in [-0.39, 0.29) is 5.91 Å². The third-order valence-corrected chi connectivity index (χ3v) is 4.53. The molecule has 140 valence electrons. The summed E-state index contributed by atoms with van der Waals surface area (Å²) in [4.78, 5) is 20.0. The Kier molecular flexibility index (Phi) is 5.64. The number of pyridine rings is 1. The summed E-state index contributed by atoms with van der Waals surface area (Å²) >= 11 is 0. The molecule has 0 aliphatic carbocycles. The third-order valence-electron chi connectivity index (χ3n) is 4.53. The van der Waals surface area contributed by atoms with Crippen LogP contribution in [0.15, 0.2) is 18.3 Å². The largest absolute Gasteiger partial charge is 0.416 e. The molecular formula is C18H26F3N3O. The first-order valence-corrected chi connectivity index (χ1v) is 8.52. The molecule has 1 amide bonds. The number of piperidine rings is 1. The second-order valence-corrected chi connectivity index (χ2v) is 7.77. The van der Waals surface area contributed by atoms with Crippen molar-refractivity contribution in [3.05, 3.63) is 23.9 Å². The first kappa shape index (κ1) is 19.5. The van der Waals surface area contributed by atoms with Crippen molar-refractivity contribution in [3.8, 4) is 0 Å². The maximum Gasteiger partial charge on any atom is 0.416 e. The predicted octanol–water partition coefficient (Wildman–Crippen LogP) is 3.82. The van der Waals surface area contributed by atoms with E-state index >= 15 is 0 Å². The Morgan fingerprint density at radius 2 is 1.88 bits per heavy atom. The smallest absolute Gasteiger partial charge is 0.357 e. The van der Waals surface area contributed by atoms with Crippen LogP contribution in [0, 0.1) is 11.3 Å². The number of halogens is 3. The highest BCUT2D eigenvalue weighted by Crippen LogP contribution is 2.32. The van der Waals surface area contributed by atoms with E-state index in [4.69, 9.17) is 0 Å². The highest BCUT2D eigenvalue weighted by molar-refractivity contribution is 5.81. The Balaban J connectivity index is 1.93. The van der Waals surface area contributed by atoms with Crippen molar-refractivity contribution in [1.82, 2.24) is 9.88 Å². The number of aromatic nitrogens is 1. The fraction of sp³-hybridized carbons (Fsp3) is 0.667. The van der Waals surface area contributed by atoms with Crippen molar-refractivity contribution in [2.75, 3.05) is 31.6 Å². The summed E-state index contributed by atoms with van der Waals surface area (Å²) in [6, 6.07) is 2.10. The van der Waals surface area contributed by atoms with Gasteiger partial charge in [0.05, 0.1) is 5.56 Å². The van der Waals surface area contributed by atoms with Gasteiger partial charge in [0.1, 0.15) is 5.82 Å². The zero-order chi connectivity index (χ0) is 18.8. The van der Waals surface area contributed by atoms with Gasteiger partial charge < -0.3 is 9.80 Å². The predicted molar refractivity (Wildman–Crippen MR) is 91.3 cm³/mol. The average molecular weight is 357 g/mol. The summed E-state index contributed by atoms with van der Waals surface area (Å²) in [6.45, 7) is 7.67. The van der Waals surface area contributed by atoms with E-state index in [1.807, 2.05) is 32.7 Å². The van der Waals surface area contributed by atoms with E-state index in [2.05, 4.69) is 4.98 Å². The summed E-state index contributed by atoms with van der Waals surface area (Å²) in [7, 11) is 1.81. The minimum Gasteiger partial charge on any atom is -0.357 e. The monoisotopic (exact) mass is 357 g/mol. The maximum atomic E-state index is 12.8. The van der Waals surface area contributed by atoms with Crippen molar-refractivity contribution in [1.29, 1.82) is 0 Å². The van der Waals surface area contributed by atoms with Crippen LogP contribution in [0.25, 0.3) is 0 Å². The fourth-order valence-electron chi connectivity index (χ4n) is 3.16. The minimum atomic E-state index is -4.36. The fourth-order valence-corrected chi connectivity index (χ4v) is 3.16. The van der Waals surface area contributed by atoms with Crippen LogP contribution in [0.1, 0.15) is 39.2 Å². The number of carbonyl (C=O) groups excluding carboxylic acids is 1. The van der Waals surface area contributed by atoms with Crippen molar-refractivity contribution < 1.29 is 18.0 Å². The Morgan fingerprint density at radius 1 is 1.28 bits per heavy atom. The molecule has 2 rings (SSSR count). The molecule has 25 heavy (non-hydrogen) atoms. The number of nitrogens with zero attached hydrogens (tertiary/aromatic N) is 3. The highest BCUT2D eigenvalue weighted by atomic mass is 19.4. The normalized spacial score (nSPS) is 16.8. The lowest BCUT2D eigenvalue weighted by atomic mass is 9.92. The van der Waals surface area contributed by atoms with Crippen molar-refractivity contribution >= 4 is 11.7 Å². The van der Waals surface area contributed by atoms with Gasteiger partial charge in [0.2, 0.25) is 5.91 Å². The van der Waals surface area contributed by atoms with Gasteiger partial charge >= 0.3 is 6.18 Å². The zero-order valence-corrected chi connectivity index (χ0v) is 15.2. The lowest BCUT2D eigenvalue weighted by Gasteiger charge is -2.36. The van der Waals surface area contributed by atoms with Gasteiger partial charge in [0.25, 0.3) is 0 Å².